The van der Waals surface area contributed by atoms with Crippen LogP contribution in [-0.2, 0) is 9.53 Å². The number of hydrogen-bond donors (Lipinski definition) is 1. The molecule has 64 valence electrons. The van der Waals surface area contributed by atoms with E-state index in [0.717, 1.165) is 12.8 Å². The summed E-state index contributed by atoms with van der Waals surface area (Å²) in [4.78, 5) is 10.6. The molecular weight excluding hydrogens is 144 g/mol. The summed E-state index contributed by atoms with van der Waals surface area (Å²) in [5, 5.41) is 8.69. The van der Waals surface area contributed by atoms with Crippen LogP contribution < -0.4 is 0 Å². The second-order valence-electron chi connectivity index (χ2n) is 3.70. The first-order chi connectivity index (χ1) is 5.02. The molecule has 1 N–H and O–H groups in total. The predicted molar refractivity (Wildman–Crippen MR) is 40.4 cm³/mol. The molecule has 0 unspecified atom stereocenters. The fourth-order valence-electron chi connectivity index (χ4n) is 0.623. The molecule has 1 saturated carbocycles. The van der Waals surface area contributed by atoms with Crippen molar-refractivity contribution in [2.75, 3.05) is 6.61 Å². The Labute approximate surface area is 66.4 Å². The van der Waals surface area contributed by atoms with Crippen molar-refractivity contribution >= 4 is 5.97 Å². The molecular formula is C8H14O3. The van der Waals surface area contributed by atoms with Crippen LogP contribution in [-0.4, -0.2) is 23.8 Å². The van der Waals surface area contributed by atoms with Gasteiger partial charge in [-0.25, -0.2) is 0 Å². The monoisotopic (exact) mass is 158 g/mol. The van der Waals surface area contributed by atoms with Crippen molar-refractivity contribution in [3.63, 3.8) is 0 Å². The number of rotatable bonds is 4. The minimum Gasteiger partial charge on any atom is -0.481 e. The molecule has 0 aromatic rings. The lowest BCUT2D eigenvalue weighted by Gasteiger charge is -2.18. The summed E-state index contributed by atoms with van der Waals surface area (Å²) < 4.78 is 5.30. The second-order valence-corrected chi connectivity index (χ2v) is 3.70. The molecule has 0 aliphatic heterocycles. The average molecular weight is 158 g/mol. The summed E-state index contributed by atoms with van der Waals surface area (Å²) in [6.07, 6.45) is 2.53. The molecule has 0 atom stereocenters. The highest BCUT2D eigenvalue weighted by Crippen LogP contribution is 2.26. The molecule has 3 nitrogen and oxygen atoms in total. The maximum atomic E-state index is 10.6. The fourth-order valence-corrected chi connectivity index (χ4v) is 0.623. The van der Waals surface area contributed by atoms with Crippen molar-refractivity contribution < 1.29 is 14.6 Å². The van der Waals surface area contributed by atoms with Gasteiger partial charge in [0.15, 0.2) is 0 Å². The lowest BCUT2D eigenvalue weighted by molar-refractivity contribution is -0.150. The van der Waals surface area contributed by atoms with Gasteiger partial charge >= 0.3 is 5.97 Å². The van der Waals surface area contributed by atoms with E-state index < -0.39 is 11.4 Å². The lowest BCUT2D eigenvalue weighted by Crippen LogP contribution is -2.29. The summed E-state index contributed by atoms with van der Waals surface area (Å²) in [7, 11) is 0. The molecule has 1 aliphatic carbocycles. The van der Waals surface area contributed by atoms with Gasteiger partial charge in [0.2, 0.25) is 0 Å². The third-order valence-electron chi connectivity index (χ3n) is 1.78. The molecule has 0 amide bonds. The van der Waals surface area contributed by atoms with Crippen LogP contribution in [0.4, 0.5) is 0 Å². The zero-order chi connectivity index (χ0) is 8.48. The number of carboxylic acid groups (broad SMARTS) is 1. The molecule has 0 heterocycles. The van der Waals surface area contributed by atoms with Gasteiger partial charge in [-0.2, -0.15) is 0 Å². The molecule has 3 heteroatoms. The highest BCUT2D eigenvalue weighted by Gasteiger charge is 2.31. The number of ether oxygens (including phenoxy) is 1. The largest absolute Gasteiger partial charge is 0.481 e. The topological polar surface area (TPSA) is 46.5 Å². The van der Waals surface area contributed by atoms with E-state index in [2.05, 4.69) is 0 Å². The van der Waals surface area contributed by atoms with Crippen LogP contribution in [0.5, 0.6) is 0 Å². The zero-order valence-corrected chi connectivity index (χ0v) is 6.96. The quantitative estimate of drug-likeness (QED) is 0.670. The zero-order valence-electron chi connectivity index (χ0n) is 6.96. The SMILES string of the molecule is CC(C)(COC1CC1)C(=O)O. The Bertz CT molecular complexity index is 159. The van der Waals surface area contributed by atoms with E-state index in [9.17, 15) is 4.79 Å². The predicted octanol–water partition coefficient (Wildman–Crippen LogP) is 1.28. The van der Waals surface area contributed by atoms with Crippen molar-refractivity contribution in [1.29, 1.82) is 0 Å². The van der Waals surface area contributed by atoms with E-state index in [1.54, 1.807) is 13.8 Å². The van der Waals surface area contributed by atoms with Gasteiger partial charge in [0.1, 0.15) is 0 Å². The number of carboxylic acids is 1. The first-order valence-electron chi connectivity index (χ1n) is 3.87. The number of hydrogen-bond acceptors (Lipinski definition) is 2. The lowest BCUT2D eigenvalue weighted by atomic mass is 9.95. The average Bonchev–Trinajstić information content (AvgIpc) is 2.65. The molecule has 0 radical (unpaired) electrons. The van der Waals surface area contributed by atoms with Gasteiger partial charge in [0.25, 0.3) is 0 Å². The minimum absolute atomic E-state index is 0.326. The first-order valence-corrected chi connectivity index (χ1v) is 3.87. The third kappa shape index (κ3) is 2.50. The fraction of sp³-hybridized carbons (Fsp3) is 0.875. The molecule has 0 aromatic carbocycles. The molecule has 1 rings (SSSR count). The van der Waals surface area contributed by atoms with Crippen molar-refractivity contribution in [2.24, 2.45) is 5.41 Å². The summed E-state index contributed by atoms with van der Waals surface area (Å²) in [5.74, 6) is -0.793. The summed E-state index contributed by atoms with van der Waals surface area (Å²) >= 11 is 0. The first kappa shape index (κ1) is 8.53. The van der Waals surface area contributed by atoms with Crippen LogP contribution >= 0.6 is 0 Å². The van der Waals surface area contributed by atoms with E-state index in [0.29, 0.717) is 12.7 Å². The Balaban J connectivity index is 2.26. The van der Waals surface area contributed by atoms with Crippen LogP contribution in [0.15, 0.2) is 0 Å². The Kier molecular flexibility index (Phi) is 2.18. The highest BCUT2D eigenvalue weighted by atomic mass is 16.5. The van der Waals surface area contributed by atoms with Crippen molar-refractivity contribution in [3.05, 3.63) is 0 Å². The van der Waals surface area contributed by atoms with Gasteiger partial charge in [0, 0.05) is 0 Å². The summed E-state index contributed by atoms with van der Waals surface area (Å²) in [6.45, 7) is 3.68. The van der Waals surface area contributed by atoms with E-state index >= 15 is 0 Å². The molecule has 0 bridgehead atoms. The normalized spacial score (nSPS) is 18.4. The van der Waals surface area contributed by atoms with Crippen LogP contribution in [0.3, 0.4) is 0 Å². The molecule has 1 aliphatic rings. The Morgan fingerprint density at radius 3 is 2.55 bits per heavy atom. The second kappa shape index (κ2) is 2.81. The van der Waals surface area contributed by atoms with Gasteiger partial charge in [0.05, 0.1) is 18.1 Å². The van der Waals surface area contributed by atoms with Crippen LogP contribution in [0.25, 0.3) is 0 Å². The maximum absolute atomic E-state index is 10.6. The van der Waals surface area contributed by atoms with Crippen molar-refractivity contribution in [1.82, 2.24) is 0 Å². The van der Waals surface area contributed by atoms with Gasteiger partial charge < -0.3 is 9.84 Å². The van der Waals surface area contributed by atoms with Gasteiger partial charge in [-0.1, -0.05) is 0 Å². The van der Waals surface area contributed by atoms with Crippen molar-refractivity contribution in [3.8, 4) is 0 Å². The molecule has 0 aromatic heterocycles. The molecule has 0 spiro atoms. The third-order valence-corrected chi connectivity index (χ3v) is 1.78. The minimum atomic E-state index is -0.793. The van der Waals surface area contributed by atoms with E-state index in [1.165, 1.54) is 0 Å². The number of aliphatic carboxylic acids is 1. The van der Waals surface area contributed by atoms with Crippen LogP contribution in [0.2, 0.25) is 0 Å². The van der Waals surface area contributed by atoms with Gasteiger partial charge in [-0.3, -0.25) is 4.79 Å². The molecule has 0 saturated heterocycles. The van der Waals surface area contributed by atoms with E-state index in [1.807, 2.05) is 0 Å². The molecule has 1 fully saturated rings. The maximum Gasteiger partial charge on any atom is 0.311 e. The van der Waals surface area contributed by atoms with Crippen molar-refractivity contribution in [2.45, 2.75) is 32.8 Å². The molecule has 11 heavy (non-hydrogen) atoms. The number of carbonyl (C=O) groups is 1. The van der Waals surface area contributed by atoms with E-state index in [-0.39, 0.29) is 0 Å². The Morgan fingerprint density at radius 1 is 1.64 bits per heavy atom. The summed E-state index contributed by atoms with van der Waals surface area (Å²) in [6, 6.07) is 0. The smallest absolute Gasteiger partial charge is 0.311 e. The van der Waals surface area contributed by atoms with Gasteiger partial charge in [-0.05, 0) is 26.7 Å². The van der Waals surface area contributed by atoms with Crippen LogP contribution in [0, 0.1) is 5.41 Å². The van der Waals surface area contributed by atoms with Gasteiger partial charge in [-0.15, -0.1) is 0 Å². The Morgan fingerprint density at radius 2 is 2.18 bits per heavy atom. The van der Waals surface area contributed by atoms with E-state index in [4.69, 9.17) is 9.84 Å². The highest BCUT2D eigenvalue weighted by molar-refractivity contribution is 5.73. The Hall–Kier alpha value is -0.570. The standard InChI is InChI=1S/C8H14O3/c1-8(2,7(9)10)5-11-6-3-4-6/h6H,3-5H2,1-2H3,(H,9,10). The summed E-state index contributed by atoms with van der Waals surface area (Å²) in [5.41, 5.74) is -0.734. The van der Waals surface area contributed by atoms with Crippen LogP contribution in [0.1, 0.15) is 26.7 Å².